The standard InChI is InChI=1S/C8H12N2O3/c1-5-6(11)9-8(2-3-8)4-10(5)7(12)13/h5H,2-4H2,1H3,(H,9,11)(H,12,13). The first-order chi connectivity index (χ1) is 6.04. The average molecular weight is 184 g/mol. The Labute approximate surface area is 75.7 Å². The van der Waals surface area contributed by atoms with Crippen LogP contribution < -0.4 is 5.32 Å². The van der Waals surface area contributed by atoms with Gasteiger partial charge in [0.25, 0.3) is 0 Å². The highest BCUT2D eigenvalue weighted by molar-refractivity contribution is 5.87. The Bertz CT molecular complexity index is 273. The van der Waals surface area contributed by atoms with Crippen LogP contribution in [0.2, 0.25) is 0 Å². The summed E-state index contributed by atoms with van der Waals surface area (Å²) < 4.78 is 0. The van der Waals surface area contributed by atoms with Crippen LogP contribution in [0.15, 0.2) is 0 Å². The minimum absolute atomic E-state index is 0.175. The van der Waals surface area contributed by atoms with Gasteiger partial charge in [0.15, 0.2) is 0 Å². The molecule has 1 saturated carbocycles. The third kappa shape index (κ3) is 1.24. The fourth-order valence-corrected chi connectivity index (χ4v) is 1.68. The van der Waals surface area contributed by atoms with Crippen molar-refractivity contribution in [3.05, 3.63) is 0 Å². The Hall–Kier alpha value is -1.26. The van der Waals surface area contributed by atoms with Gasteiger partial charge in [0.1, 0.15) is 6.04 Å². The number of hydrogen-bond acceptors (Lipinski definition) is 2. The summed E-state index contributed by atoms with van der Waals surface area (Å²) in [5.74, 6) is -0.175. The number of hydrogen-bond donors (Lipinski definition) is 2. The van der Waals surface area contributed by atoms with E-state index < -0.39 is 12.1 Å². The van der Waals surface area contributed by atoms with Gasteiger partial charge in [0, 0.05) is 6.54 Å². The van der Waals surface area contributed by atoms with Gasteiger partial charge in [-0.1, -0.05) is 0 Å². The van der Waals surface area contributed by atoms with Gasteiger partial charge in [-0.15, -0.1) is 0 Å². The summed E-state index contributed by atoms with van der Waals surface area (Å²) in [6, 6.07) is -0.552. The molecule has 1 saturated heterocycles. The summed E-state index contributed by atoms with van der Waals surface area (Å²) >= 11 is 0. The lowest BCUT2D eigenvalue weighted by Crippen LogP contribution is -2.61. The fourth-order valence-electron chi connectivity index (χ4n) is 1.68. The molecule has 1 aliphatic heterocycles. The van der Waals surface area contributed by atoms with Crippen LogP contribution in [0.4, 0.5) is 4.79 Å². The maximum Gasteiger partial charge on any atom is 0.408 e. The Morgan fingerprint density at radius 2 is 2.31 bits per heavy atom. The number of rotatable bonds is 0. The van der Waals surface area contributed by atoms with E-state index in [4.69, 9.17) is 5.11 Å². The number of carbonyl (C=O) groups excluding carboxylic acids is 1. The van der Waals surface area contributed by atoms with Gasteiger partial charge < -0.3 is 10.4 Å². The molecule has 1 aliphatic carbocycles. The Morgan fingerprint density at radius 3 is 2.77 bits per heavy atom. The third-order valence-corrected chi connectivity index (χ3v) is 2.81. The molecule has 5 nitrogen and oxygen atoms in total. The molecule has 1 heterocycles. The minimum atomic E-state index is -1.01. The molecule has 2 amide bonds. The monoisotopic (exact) mass is 184 g/mol. The van der Waals surface area contributed by atoms with E-state index in [0.29, 0.717) is 6.54 Å². The molecule has 2 rings (SSSR count). The van der Waals surface area contributed by atoms with Gasteiger partial charge in [0.2, 0.25) is 5.91 Å². The van der Waals surface area contributed by atoms with Crippen molar-refractivity contribution in [3.8, 4) is 0 Å². The van der Waals surface area contributed by atoms with Crippen molar-refractivity contribution in [3.63, 3.8) is 0 Å². The quantitative estimate of drug-likeness (QED) is 0.557. The van der Waals surface area contributed by atoms with E-state index in [1.54, 1.807) is 6.92 Å². The van der Waals surface area contributed by atoms with Crippen molar-refractivity contribution in [2.24, 2.45) is 0 Å². The second-order valence-corrected chi connectivity index (χ2v) is 3.86. The highest BCUT2D eigenvalue weighted by atomic mass is 16.4. The molecule has 2 fully saturated rings. The van der Waals surface area contributed by atoms with Gasteiger partial charge in [-0.05, 0) is 19.8 Å². The van der Waals surface area contributed by atoms with E-state index in [1.165, 1.54) is 4.90 Å². The van der Waals surface area contributed by atoms with Crippen LogP contribution >= 0.6 is 0 Å². The number of carbonyl (C=O) groups is 2. The summed E-state index contributed by atoms with van der Waals surface area (Å²) in [7, 11) is 0. The Balaban J connectivity index is 2.17. The summed E-state index contributed by atoms with van der Waals surface area (Å²) in [6.45, 7) is 2.05. The van der Waals surface area contributed by atoms with Crippen LogP contribution in [-0.4, -0.2) is 40.1 Å². The zero-order chi connectivity index (χ0) is 9.64. The van der Waals surface area contributed by atoms with Gasteiger partial charge >= 0.3 is 6.09 Å². The average Bonchev–Trinajstić information content (AvgIpc) is 2.78. The number of nitrogens with zero attached hydrogens (tertiary/aromatic N) is 1. The van der Waals surface area contributed by atoms with Gasteiger partial charge in [-0.2, -0.15) is 0 Å². The molecule has 1 unspecified atom stereocenters. The van der Waals surface area contributed by atoms with Crippen LogP contribution in [0, 0.1) is 0 Å². The first-order valence-corrected chi connectivity index (χ1v) is 4.36. The minimum Gasteiger partial charge on any atom is -0.465 e. The third-order valence-electron chi connectivity index (χ3n) is 2.81. The number of carboxylic acid groups (broad SMARTS) is 1. The predicted octanol–water partition coefficient (Wildman–Crippen LogP) is 0.0173. The molecular formula is C8H12N2O3. The topological polar surface area (TPSA) is 69.6 Å². The molecule has 2 aliphatic rings. The van der Waals surface area contributed by atoms with E-state index in [-0.39, 0.29) is 11.4 Å². The zero-order valence-corrected chi connectivity index (χ0v) is 7.41. The molecule has 0 aromatic carbocycles. The first-order valence-electron chi connectivity index (χ1n) is 4.36. The number of nitrogens with one attached hydrogen (secondary N) is 1. The van der Waals surface area contributed by atoms with Crippen LogP contribution in [0.5, 0.6) is 0 Å². The van der Waals surface area contributed by atoms with Crippen LogP contribution in [0.1, 0.15) is 19.8 Å². The Kier molecular flexibility index (Phi) is 1.52. The molecule has 72 valence electrons. The van der Waals surface area contributed by atoms with Crippen molar-refractivity contribution >= 4 is 12.0 Å². The second-order valence-electron chi connectivity index (χ2n) is 3.86. The normalized spacial score (nSPS) is 30.1. The molecule has 0 radical (unpaired) electrons. The number of amides is 2. The molecule has 13 heavy (non-hydrogen) atoms. The molecule has 2 N–H and O–H groups in total. The largest absolute Gasteiger partial charge is 0.465 e. The van der Waals surface area contributed by atoms with Gasteiger partial charge in [-0.3, -0.25) is 9.69 Å². The van der Waals surface area contributed by atoms with E-state index in [1.807, 2.05) is 0 Å². The van der Waals surface area contributed by atoms with E-state index in [9.17, 15) is 9.59 Å². The maximum absolute atomic E-state index is 11.3. The number of piperazine rings is 1. The smallest absolute Gasteiger partial charge is 0.408 e. The second kappa shape index (κ2) is 2.37. The fraction of sp³-hybridized carbons (Fsp3) is 0.750. The highest BCUT2D eigenvalue weighted by Gasteiger charge is 2.51. The zero-order valence-electron chi connectivity index (χ0n) is 7.41. The highest BCUT2D eigenvalue weighted by Crippen LogP contribution is 2.38. The lowest BCUT2D eigenvalue weighted by molar-refractivity contribution is -0.129. The first kappa shape index (κ1) is 8.34. The molecule has 0 bridgehead atoms. The maximum atomic E-state index is 11.3. The van der Waals surface area contributed by atoms with Gasteiger partial charge in [-0.25, -0.2) is 4.79 Å². The summed E-state index contributed by atoms with van der Waals surface area (Å²) in [5, 5.41) is 11.7. The Morgan fingerprint density at radius 1 is 1.69 bits per heavy atom. The predicted molar refractivity (Wildman–Crippen MR) is 44.3 cm³/mol. The molecule has 5 heteroatoms. The van der Waals surface area contributed by atoms with Crippen molar-refractivity contribution in [1.82, 2.24) is 10.2 Å². The molecular weight excluding hydrogens is 172 g/mol. The van der Waals surface area contributed by atoms with Crippen LogP contribution in [0.25, 0.3) is 0 Å². The van der Waals surface area contributed by atoms with E-state index >= 15 is 0 Å². The van der Waals surface area contributed by atoms with Gasteiger partial charge in [0.05, 0.1) is 5.54 Å². The summed E-state index contributed by atoms with van der Waals surface area (Å²) in [6.07, 6.45) is 0.790. The SMILES string of the molecule is CC1C(=O)NC2(CC2)CN1C(=O)O. The lowest BCUT2D eigenvalue weighted by Gasteiger charge is -2.36. The van der Waals surface area contributed by atoms with Crippen molar-refractivity contribution in [2.45, 2.75) is 31.3 Å². The summed E-state index contributed by atoms with van der Waals surface area (Å²) in [5.41, 5.74) is -0.220. The molecule has 1 spiro atoms. The molecule has 0 aromatic rings. The van der Waals surface area contributed by atoms with Crippen LogP contribution in [0.3, 0.4) is 0 Å². The molecule has 0 aromatic heterocycles. The van der Waals surface area contributed by atoms with E-state index in [0.717, 1.165) is 12.8 Å². The van der Waals surface area contributed by atoms with Crippen molar-refractivity contribution in [2.75, 3.05) is 6.54 Å². The lowest BCUT2D eigenvalue weighted by atomic mass is 10.1. The van der Waals surface area contributed by atoms with E-state index in [2.05, 4.69) is 5.32 Å². The summed E-state index contributed by atoms with van der Waals surface area (Å²) in [4.78, 5) is 23.3. The van der Waals surface area contributed by atoms with Crippen LogP contribution in [-0.2, 0) is 4.79 Å². The molecule has 1 atom stereocenters. The van der Waals surface area contributed by atoms with Crippen molar-refractivity contribution < 1.29 is 14.7 Å². The van der Waals surface area contributed by atoms with Crippen molar-refractivity contribution in [1.29, 1.82) is 0 Å².